The van der Waals surface area contributed by atoms with Crippen LogP contribution in [0.5, 0.6) is 0 Å². The number of nitrogens with zero attached hydrogens (tertiary/aromatic N) is 5. The molecule has 1 atom stereocenters. The number of aromatic amines is 1. The highest BCUT2D eigenvalue weighted by molar-refractivity contribution is 5.81. The fourth-order valence-electron chi connectivity index (χ4n) is 3.22. The zero-order valence-electron chi connectivity index (χ0n) is 14.4. The van der Waals surface area contributed by atoms with Crippen molar-refractivity contribution in [3.05, 3.63) is 78.6 Å². The van der Waals surface area contributed by atoms with Crippen LogP contribution in [-0.4, -0.2) is 29.7 Å². The number of nitrogens with two attached hydrogens (primary N) is 1. The Balaban J connectivity index is 1.54. The molecule has 3 N–H and O–H groups in total. The van der Waals surface area contributed by atoms with Gasteiger partial charge in [-0.3, -0.25) is 9.67 Å². The standard InChI is InChI=1S/C20H17N7/c21-16(8-13-4-2-1-3-5-13)19-22-11-18-20(25-19)27(12-23-18)15-7-6-14-10-24-26-17(14)9-15/h1-7,9-12,16H,8,21H2,(H,24,26). The summed E-state index contributed by atoms with van der Waals surface area (Å²) in [4.78, 5) is 13.6. The Morgan fingerprint density at radius 1 is 1.04 bits per heavy atom. The van der Waals surface area contributed by atoms with E-state index in [2.05, 4.69) is 32.3 Å². The van der Waals surface area contributed by atoms with Crippen LogP contribution in [0.25, 0.3) is 27.8 Å². The molecule has 5 rings (SSSR count). The number of benzene rings is 2. The number of H-pyrrole nitrogens is 1. The van der Waals surface area contributed by atoms with Gasteiger partial charge in [0.25, 0.3) is 0 Å². The highest BCUT2D eigenvalue weighted by atomic mass is 15.1. The van der Waals surface area contributed by atoms with Gasteiger partial charge in [-0.05, 0) is 30.2 Å². The smallest absolute Gasteiger partial charge is 0.168 e. The highest BCUT2D eigenvalue weighted by Gasteiger charge is 2.14. The van der Waals surface area contributed by atoms with Crippen molar-refractivity contribution in [2.24, 2.45) is 5.73 Å². The van der Waals surface area contributed by atoms with Crippen molar-refractivity contribution in [3.63, 3.8) is 0 Å². The molecule has 0 aliphatic rings. The summed E-state index contributed by atoms with van der Waals surface area (Å²) < 4.78 is 1.94. The van der Waals surface area contributed by atoms with Crippen molar-refractivity contribution in [2.45, 2.75) is 12.5 Å². The number of fused-ring (bicyclic) bond motifs is 2. The molecule has 0 fully saturated rings. The van der Waals surface area contributed by atoms with E-state index in [1.54, 1.807) is 18.7 Å². The van der Waals surface area contributed by atoms with E-state index in [9.17, 15) is 0 Å². The Morgan fingerprint density at radius 2 is 1.93 bits per heavy atom. The normalized spacial score (nSPS) is 12.6. The molecule has 0 aliphatic carbocycles. The third kappa shape index (κ3) is 2.84. The van der Waals surface area contributed by atoms with Gasteiger partial charge in [-0.2, -0.15) is 5.10 Å². The van der Waals surface area contributed by atoms with Gasteiger partial charge in [0.15, 0.2) is 5.65 Å². The first-order valence-electron chi connectivity index (χ1n) is 8.71. The number of nitrogens with one attached hydrogen (secondary N) is 1. The van der Waals surface area contributed by atoms with E-state index in [-0.39, 0.29) is 6.04 Å². The minimum Gasteiger partial charge on any atom is -0.321 e. The molecular weight excluding hydrogens is 338 g/mol. The van der Waals surface area contributed by atoms with Crippen LogP contribution in [0.15, 0.2) is 67.3 Å². The number of hydrogen-bond donors (Lipinski definition) is 2. The van der Waals surface area contributed by atoms with Crippen molar-refractivity contribution < 1.29 is 0 Å². The highest BCUT2D eigenvalue weighted by Crippen LogP contribution is 2.21. The Hall–Kier alpha value is -3.58. The average Bonchev–Trinajstić information content (AvgIpc) is 3.34. The van der Waals surface area contributed by atoms with E-state index in [0.717, 1.165) is 33.3 Å². The van der Waals surface area contributed by atoms with Crippen LogP contribution in [-0.2, 0) is 6.42 Å². The Bertz CT molecular complexity index is 1220. The number of hydrogen-bond acceptors (Lipinski definition) is 5. The number of rotatable bonds is 4. The van der Waals surface area contributed by atoms with Gasteiger partial charge in [0.05, 0.1) is 29.6 Å². The largest absolute Gasteiger partial charge is 0.321 e. The molecular formula is C20H17N7. The minimum atomic E-state index is -0.282. The summed E-state index contributed by atoms with van der Waals surface area (Å²) in [5.41, 5.74) is 10.9. The van der Waals surface area contributed by atoms with E-state index < -0.39 is 0 Å². The second kappa shape index (κ2) is 6.30. The van der Waals surface area contributed by atoms with Crippen LogP contribution in [0.4, 0.5) is 0 Å². The van der Waals surface area contributed by atoms with Crippen LogP contribution in [0.2, 0.25) is 0 Å². The van der Waals surface area contributed by atoms with E-state index in [1.165, 1.54) is 0 Å². The van der Waals surface area contributed by atoms with Crippen LogP contribution < -0.4 is 5.73 Å². The maximum atomic E-state index is 6.37. The van der Waals surface area contributed by atoms with Gasteiger partial charge in [-0.25, -0.2) is 15.0 Å². The molecule has 0 bridgehead atoms. The van der Waals surface area contributed by atoms with E-state index in [4.69, 9.17) is 10.7 Å². The van der Waals surface area contributed by atoms with Gasteiger partial charge in [0, 0.05) is 5.39 Å². The van der Waals surface area contributed by atoms with Crippen LogP contribution in [0.1, 0.15) is 17.4 Å². The zero-order valence-corrected chi connectivity index (χ0v) is 14.4. The lowest BCUT2D eigenvalue weighted by atomic mass is 10.1. The van der Waals surface area contributed by atoms with E-state index >= 15 is 0 Å². The molecule has 0 aliphatic heterocycles. The number of imidazole rings is 1. The van der Waals surface area contributed by atoms with Crippen molar-refractivity contribution in [3.8, 4) is 5.69 Å². The molecule has 7 heteroatoms. The Morgan fingerprint density at radius 3 is 2.81 bits per heavy atom. The molecule has 5 aromatic rings. The van der Waals surface area contributed by atoms with E-state index in [1.807, 2.05) is 41.0 Å². The van der Waals surface area contributed by atoms with Gasteiger partial charge in [-0.1, -0.05) is 30.3 Å². The summed E-state index contributed by atoms with van der Waals surface area (Å²) in [7, 11) is 0. The van der Waals surface area contributed by atoms with Crippen molar-refractivity contribution in [2.75, 3.05) is 0 Å². The fourth-order valence-corrected chi connectivity index (χ4v) is 3.22. The Kier molecular flexibility index (Phi) is 3.65. The maximum absolute atomic E-state index is 6.37. The first kappa shape index (κ1) is 15.7. The van der Waals surface area contributed by atoms with Crippen LogP contribution in [0.3, 0.4) is 0 Å². The summed E-state index contributed by atoms with van der Waals surface area (Å²) in [5.74, 6) is 0.607. The Labute approximate surface area is 154 Å². The number of aromatic nitrogens is 6. The summed E-state index contributed by atoms with van der Waals surface area (Å²) in [6.45, 7) is 0. The second-order valence-corrected chi connectivity index (χ2v) is 6.49. The third-order valence-electron chi connectivity index (χ3n) is 4.64. The van der Waals surface area contributed by atoms with Crippen molar-refractivity contribution in [1.29, 1.82) is 0 Å². The van der Waals surface area contributed by atoms with Gasteiger partial charge in [0.1, 0.15) is 17.7 Å². The molecule has 27 heavy (non-hydrogen) atoms. The molecule has 2 aromatic carbocycles. The molecule has 1 unspecified atom stereocenters. The van der Waals surface area contributed by atoms with Gasteiger partial charge in [0.2, 0.25) is 0 Å². The SMILES string of the molecule is NC(Cc1ccccc1)c1ncc2ncn(-c3ccc4cn[nH]c4c3)c2n1. The molecule has 0 saturated carbocycles. The maximum Gasteiger partial charge on any atom is 0.168 e. The van der Waals surface area contributed by atoms with Gasteiger partial charge in [-0.15, -0.1) is 0 Å². The van der Waals surface area contributed by atoms with Crippen molar-refractivity contribution >= 4 is 22.1 Å². The van der Waals surface area contributed by atoms with Gasteiger partial charge < -0.3 is 5.73 Å². The quantitative estimate of drug-likeness (QED) is 0.516. The predicted molar refractivity (Wildman–Crippen MR) is 103 cm³/mol. The fraction of sp³-hybridized carbons (Fsp3) is 0.100. The average molecular weight is 355 g/mol. The summed E-state index contributed by atoms with van der Waals surface area (Å²) in [6.07, 6.45) is 5.96. The second-order valence-electron chi connectivity index (χ2n) is 6.49. The first-order chi connectivity index (χ1) is 13.3. The third-order valence-corrected chi connectivity index (χ3v) is 4.64. The molecule has 0 spiro atoms. The predicted octanol–water partition coefficient (Wildman–Crippen LogP) is 2.93. The summed E-state index contributed by atoms with van der Waals surface area (Å²) in [6, 6.07) is 15.9. The molecule has 0 radical (unpaired) electrons. The molecule has 7 nitrogen and oxygen atoms in total. The van der Waals surface area contributed by atoms with Crippen molar-refractivity contribution in [1.82, 2.24) is 29.7 Å². The minimum absolute atomic E-state index is 0.282. The van der Waals surface area contributed by atoms with Crippen LogP contribution >= 0.6 is 0 Å². The topological polar surface area (TPSA) is 98.3 Å². The first-order valence-corrected chi connectivity index (χ1v) is 8.71. The monoisotopic (exact) mass is 355 g/mol. The lowest BCUT2D eigenvalue weighted by molar-refractivity contribution is 0.670. The van der Waals surface area contributed by atoms with Gasteiger partial charge >= 0.3 is 0 Å². The molecule has 0 amide bonds. The lowest BCUT2D eigenvalue weighted by Gasteiger charge is -2.11. The molecule has 3 aromatic heterocycles. The molecule has 132 valence electrons. The van der Waals surface area contributed by atoms with Crippen LogP contribution in [0, 0.1) is 0 Å². The lowest BCUT2D eigenvalue weighted by Crippen LogP contribution is -2.17. The summed E-state index contributed by atoms with van der Waals surface area (Å²) in [5, 5.41) is 8.12. The molecule has 3 heterocycles. The molecule has 0 saturated heterocycles. The zero-order chi connectivity index (χ0) is 18.2. The summed E-state index contributed by atoms with van der Waals surface area (Å²) >= 11 is 0. The van der Waals surface area contributed by atoms with E-state index in [0.29, 0.717) is 12.2 Å².